The van der Waals surface area contributed by atoms with Crippen molar-refractivity contribution in [2.45, 2.75) is 57.1 Å². The molecule has 2 saturated carbocycles. The van der Waals surface area contributed by atoms with E-state index in [-0.39, 0.29) is 47.2 Å². The maximum atomic E-state index is 14.2. The molecule has 6 atom stereocenters. The zero-order valence-corrected chi connectivity index (χ0v) is 19.3. The monoisotopic (exact) mass is 485 g/mol. The molecular weight excluding hydrogens is 460 g/mol. The van der Waals surface area contributed by atoms with E-state index in [1.807, 2.05) is 0 Å². The van der Waals surface area contributed by atoms with E-state index in [9.17, 15) is 23.2 Å². The number of fused-ring (bicyclic) bond motifs is 7. The molecular formula is C25H25F2N3O5. The Labute approximate surface area is 199 Å². The number of benzene rings is 1. The molecule has 0 spiro atoms. The molecule has 1 saturated heterocycles. The largest absolute Gasteiger partial charge is 0.491 e. The molecule has 1 N–H and O–H groups in total. The number of nitrogens with zero attached hydrogens (tertiary/aromatic N) is 2. The van der Waals surface area contributed by atoms with Crippen LogP contribution in [0.2, 0.25) is 0 Å². The van der Waals surface area contributed by atoms with Gasteiger partial charge in [-0.15, -0.1) is 0 Å². The van der Waals surface area contributed by atoms with E-state index in [4.69, 9.17) is 9.47 Å². The summed E-state index contributed by atoms with van der Waals surface area (Å²) < 4.78 is 40.5. The van der Waals surface area contributed by atoms with E-state index < -0.39 is 35.2 Å². The number of hydrogen-bond acceptors (Lipinski definition) is 5. The van der Waals surface area contributed by atoms with Gasteiger partial charge in [0.15, 0.2) is 17.7 Å². The van der Waals surface area contributed by atoms with Crippen LogP contribution >= 0.6 is 0 Å². The first kappa shape index (κ1) is 22.2. The van der Waals surface area contributed by atoms with Gasteiger partial charge in [-0.25, -0.2) is 8.78 Å². The van der Waals surface area contributed by atoms with E-state index in [1.165, 1.54) is 26.3 Å². The molecule has 2 unspecified atom stereocenters. The maximum absolute atomic E-state index is 14.2. The van der Waals surface area contributed by atoms with Crippen LogP contribution in [-0.4, -0.2) is 46.8 Å². The van der Waals surface area contributed by atoms with Crippen LogP contribution in [0, 0.1) is 23.5 Å². The first-order chi connectivity index (χ1) is 16.8. The Morgan fingerprint density at radius 2 is 2.03 bits per heavy atom. The standard InChI is InChI=1S/C25H25F2N3O5/c1-11(15-4-3-13(26)7-18(15)27)28-24(32)17-9-29-10-20-30(25(33)21(29)23(34-2)22(17)31)19-8-14(35-20)5-12-6-16(12)19/h3-4,7,9,11-12,14,16,19-20H,5-6,8,10H2,1-2H3,(H,28,32)/t11-,12-,14?,16+,19?,20+/m1/s1. The number of aromatic nitrogens is 1. The van der Waals surface area contributed by atoms with Crippen LogP contribution < -0.4 is 15.5 Å². The van der Waals surface area contributed by atoms with Crippen molar-refractivity contribution >= 4 is 11.8 Å². The number of pyridine rings is 1. The van der Waals surface area contributed by atoms with Crippen molar-refractivity contribution in [3.8, 4) is 5.75 Å². The minimum Gasteiger partial charge on any atom is -0.491 e. The van der Waals surface area contributed by atoms with Gasteiger partial charge >= 0.3 is 0 Å². The van der Waals surface area contributed by atoms with Gasteiger partial charge in [-0.3, -0.25) is 14.4 Å². The number of ether oxygens (including phenoxy) is 2. The van der Waals surface area contributed by atoms with Crippen molar-refractivity contribution in [3.05, 3.63) is 63.1 Å². The van der Waals surface area contributed by atoms with Crippen molar-refractivity contribution in [3.63, 3.8) is 0 Å². The molecule has 2 aliphatic heterocycles. The number of carbonyl (C=O) groups excluding carboxylic acids is 2. The van der Waals surface area contributed by atoms with Crippen molar-refractivity contribution in [2.24, 2.45) is 11.8 Å². The highest BCUT2D eigenvalue weighted by Crippen LogP contribution is 2.55. The minimum atomic E-state index is -0.834. The third-order valence-electron chi connectivity index (χ3n) is 7.81. The normalized spacial score (nSPS) is 29.0. The summed E-state index contributed by atoms with van der Waals surface area (Å²) in [4.78, 5) is 41.6. The maximum Gasteiger partial charge on any atom is 0.276 e. The molecule has 35 heavy (non-hydrogen) atoms. The van der Waals surface area contributed by atoms with Crippen molar-refractivity contribution in [2.75, 3.05) is 7.11 Å². The highest BCUT2D eigenvalue weighted by atomic mass is 19.1. The summed E-state index contributed by atoms with van der Waals surface area (Å²) in [7, 11) is 1.29. The summed E-state index contributed by atoms with van der Waals surface area (Å²) in [5.74, 6) is -1.75. The number of carbonyl (C=O) groups is 2. The van der Waals surface area contributed by atoms with E-state index in [0.29, 0.717) is 11.8 Å². The third-order valence-corrected chi connectivity index (χ3v) is 7.81. The second-order valence-corrected chi connectivity index (χ2v) is 9.89. The summed E-state index contributed by atoms with van der Waals surface area (Å²) in [6.45, 7) is 1.80. The molecule has 184 valence electrons. The zero-order valence-electron chi connectivity index (χ0n) is 19.3. The molecule has 10 heteroatoms. The van der Waals surface area contributed by atoms with Crippen LogP contribution in [-0.2, 0) is 11.3 Å². The molecule has 4 aliphatic rings. The van der Waals surface area contributed by atoms with E-state index >= 15 is 0 Å². The molecule has 3 fully saturated rings. The lowest BCUT2D eigenvalue weighted by atomic mass is 9.88. The van der Waals surface area contributed by atoms with Gasteiger partial charge in [0.05, 0.1) is 25.8 Å². The van der Waals surface area contributed by atoms with Crippen LogP contribution in [0.15, 0.2) is 29.2 Å². The number of halogens is 2. The number of hydrogen-bond donors (Lipinski definition) is 1. The first-order valence-electron chi connectivity index (χ1n) is 11.8. The molecule has 2 bridgehead atoms. The minimum absolute atomic E-state index is 0.0797. The van der Waals surface area contributed by atoms with Crippen molar-refractivity contribution < 1.29 is 27.8 Å². The lowest BCUT2D eigenvalue weighted by Crippen LogP contribution is -2.61. The topological polar surface area (TPSA) is 89.9 Å². The fourth-order valence-electron chi connectivity index (χ4n) is 6.09. The molecule has 2 amide bonds. The SMILES string of the molecule is COc1c2n(cc(C(=O)N[C@H](C)c3ccc(F)cc3F)c1=O)C[C@@H]1OC3CC([C@H]4C[C@H]4C3)N1C2=O. The highest BCUT2D eigenvalue weighted by Gasteiger charge is 2.57. The Bertz CT molecular complexity index is 1310. The predicted molar refractivity (Wildman–Crippen MR) is 119 cm³/mol. The average molecular weight is 485 g/mol. The molecule has 1 aromatic carbocycles. The Morgan fingerprint density at radius 3 is 2.77 bits per heavy atom. The van der Waals surface area contributed by atoms with Crippen molar-refractivity contribution in [1.82, 2.24) is 14.8 Å². The second kappa shape index (κ2) is 7.87. The Morgan fingerprint density at radius 1 is 1.23 bits per heavy atom. The van der Waals surface area contributed by atoms with Crippen LogP contribution in [0.3, 0.4) is 0 Å². The fourth-order valence-corrected chi connectivity index (χ4v) is 6.09. The summed E-state index contributed by atoms with van der Waals surface area (Å²) in [5, 5.41) is 2.59. The summed E-state index contributed by atoms with van der Waals surface area (Å²) in [6.07, 6.45) is 3.87. The second-order valence-electron chi connectivity index (χ2n) is 9.89. The van der Waals surface area contributed by atoms with E-state index in [1.54, 1.807) is 9.47 Å². The number of rotatable bonds is 4. The Hall–Kier alpha value is -3.27. The molecule has 6 rings (SSSR count). The van der Waals surface area contributed by atoms with Gasteiger partial charge in [-0.05, 0) is 44.1 Å². The molecule has 8 nitrogen and oxygen atoms in total. The predicted octanol–water partition coefficient (Wildman–Crippen LogP) is 2.61. The highest BCUT2D eigenvalue weighted by molar-refractivity contribution is 5.99. The van der Waals surface area contributed by atoms with Gasteiger partial charge in [-0.1, -0.05) is 6.07 Å². The third kappa shape index (κ3) is 3.45. The molecule has 3 heterocycles. The fraction of sp³-hybridized carbons (Fsp3) is 0.480. The van der Waals surface area contributed by atoms with Gasteiger partial charge in [0.1, 0.15) is 17.2 Å². The van der Waals surface area contributed by atoms with Crippen LogP contribution in [0.5, 0.6) is 5.75 Å². The molecule has 2 aliphatic carbocycles. The van der Waals surface area contributed by atoms with Gasteiger partial charge in [0.2, 0.25) is 5.43 Å². The van der Waals surface area contributed by atoms with E-state index in [0.717, 1.165) is 31.4 Å². The van der Waals surface area contributed by atoms with Crippen LogP contribution in [0.4, 0.5) is 8.78 Å². The number of nitrogens with one attached hydrogen (secondary N) is 1. The Balaban J connectivity index is 1.34. The van der Waals surface area contributed by atoms with Crippen LogP contribution in [0.25, 0.3) is 0 Å². The molecule has 0 radical (unpaired) electrons. The Kier molecular flexibility index (Phi) is 5.00. The summed E-state index contributed by atoms with van der Waals surface area (Å²) >= 11 is 0. The van der Waals surface area contributed by atoms with Crippen molar-refractivity contribution in [1.29, 1.82) is 0 Å². The lowest BCUT2D eigenvalue weighted by molar-refractivity contribution is -0.172. The summed E-state index contributed by atoms with van der Waals surface area (Å²) in [5.41, 5.74) is -0.776. The first-order valence-corrected chi connectivity index (χ1v) is 11.8. The average Bonchev–Trinajstić information content (AvgIpc) is 3.58. The lowest BCUT2D eigenvalue weighted by Gasteiger charge is -2.50. The quantitative estimate of drug-likeness (QED) is 0.719. The molecule has 2 aromatic rings. The molecule has 1 aromatic heterocycles. The summed E-state index contributed by atoms with van der Waals surface area (Å²) in [6, 6.07) is 2.33. The smallest absolute Gasteiger partial charge is 0.276 e. The van der Waals surface area contributed by atoms with Gasteiger partial charge < -0.3 is 24.3 Å². The number of amides is 2. The van der Waals surface area contributed by atoms with Gasteiger partial charge in [-0.2, -0.15) is 0 Å². The van der Waals surface area contributed by atoms with Crippen LogP contribution in [0.1, 0.15) is 58.6 Å². The van der Waals surface area contributed by atoms with Gasteiger partial charge in [0.25, 0.3) is 11.8 Å². The zero-order chi connectivity index (χ0) is 24.6. The number of methoxy groups -OCH3 is 1. The van der Waals surface area contributed by atoms with E-state index in [2.05, 4.69) is 5.32 Å². The van der Waals surface area contributed by atoms with Gasteiger partial charge in [0, 0.05) is 23.9 Å².